The van der Waals surface area contributed by atoms with Crippen LogP contribution in [-0.2, 0) is 9.53 Å². The molecule has 2 heterocycles. The van der Waals surface area contributed by atoms with Gasteiger partial charge in [0.2, 0.25) is 5.88 Å². The summed E-state index contributed by atoms with van der Waals surface area (Å²) in [6.45, 7) is 8.12. The van der Waals surface area contributed by atoms with Gasteiger partial charge in [-0.2, -0.15) is 5.26 Å². The molecule has 1 aliphatic carbocycles. The van der Waals surface area contributed by atoms with E-state index in [0.29, 0.717) is 35.6 Å². The highest BCUT2D eigenvalue weighted by Crippen LogP contribution is 2.48. The van der Waals surface area contributed by atoms with Crippen LogP contribution in [0.15, 0.2) is 58.1 Å². The number of nitrogens with one attached hydrogen (secondary N) is 1. The SMILES string of the molecule is C[NH+]1CCN(C=NC2=C(C#N)[C@H](c3ccccc3)C3=C(CC(C)(C)CC3=O)O2)CC1. The van der Waals surface area contributed by atoms with Crippen molar-refractivity contribution in [3.8, 4) is 6.07 Å². The van der Waals surface area contributed by atoms with Gasteiger partial charge >= 0.3 is 0 Å². The van der Waals surface area contributed by atoms with Crippen LogP contribution < -0.4 is 4.90 Å². The molecule has 1 aromatic carbocycles. The molecular formula is C24H29N4O2+. The molecule has 6 nitrogen and oxygen atoms in total. The fourth-order valence-corrected chi connectivity index (χ4v) is 4.47. The fourth-order valence-electron chi connectivity index (χ4n) is 4.47. The van der Waals surface area contributed by atoms with Crippen molar-refractivity contribution in [3.63, 3.8) is 0 Å². The number of quaternary nitrogens is 1. The predicted molar refractivity (Wildman–Crippen MR) is 115 cm³/mol. The van der Waals surface area contributed by atoms with E-state index in [9.17, 15) is 10.1 Å². The van der Waals surface area contributed by atoms with Crippen LogP contribution in [0.4, 0.5) is 0 Å². The normalized spacial score (nSPS) is 24.7. The van der Waals surface area contributed by atoms with Gasteiger partial charge in [-0.1, -0.05) is 44.2 Å². The zero-order valence-corrected chi connectivity index (χ0v) is 17.9. The summed E-state index contributed by atoms with van der Waals surface area (Å²) in [5, 5.41) is 10.0. The number of carbonyl (C=O) groups is 1. The molecule has 30 heavy (non-hydrogen) atoms. The number of carbonyl (C=O) groups excluding carboxylic acids is 1. The number of aliphatic imine (C=N–C) groups is 1. The smallest absolute Gasteiger partial charge is 0.235 e. The minimum absolute atomic E-state index is 0.0629. The topological polar surface area (TPSA) is 70.1 Å². The van der Waals surface area contributed by atoms with Gasteiger partial charge in [0, 0.05) is 18.4 Å². The molecule has 0 aromatic heterocycles. The van der Waals surface area contributed by atoms with Crippen molar-refractivity contribution < 1.29 is 14.4 Å². The van der Waals surface area contributed by atoms with Crippen molar-refractivity contribution in [2.24, 2.45) is 10.4 Å². The van der Waals surface area contributed by atoms with Gasteiger partial charge < -0.3 is 14.5 Å². The van der Waals surface area contributed by atoms with E-state index < -0.39 is 5.92 Å². The third kappa shape index (κ3) is 4.03. The van der Waals surface area contributed by atoms with Gasteiger partial charge in [0.1, 0.15) is 17.4 Å². The van der Waals surface area contributed by atoms with Crippen LogP contribution in [-0.4, -0.2) is 50.2 Å². The summed E-state index contributed by atoms with van der Waals surface area (Å²) in [5.74, 6) is 0.626. The van der Waals surface area contributed by atoms with Crippen molar-refractivity contribution in [3.05, 3.63) is 58.7 Å². The second-order valence-electron chi connectivity index (χ2n) is 9.29. The Balaban J connectivity index is 1.74. The van der Waals surface area contributed by atoms with Crippen molar-refractivity contribution in [1.29, 1.82) is 5.26 Å². The average molecular weight is 406 g/mol. The van der Waals surface area contributed by atoms with E-state index in [2.05, 4.69) is 36.9 Å². The monoisotopic (exact) mass is 405 g/mol. The zero-order chi connectivity index (χ0) is 21.3. The van der Waals surface area contributed by atoms with Gasteiger partial charge in [-0.15, -0.1) is 0 Å². The zero-order valence-electron chi connectivity index (χ0n) is 17.9. The Kier molecular flexibility index (Phi) is 5.48. The summed E-state index contributed by atoms with van der Waals surface area (Å²) < 4.78 is 6.15. The third-order valence-corrected chi connectivity index (χ3v) is 6.15. The highest BCUT2D eigenvalue weighted by atomic mass is 16.5. The van der Waals surface area contributed by atoms with Crippen molar-refractivity contribution >= 4 is 12.1 Å². The van der Waals surface area contributed by atoms with Gasteiger partial charge in [-0.3, -0.25) is 4.79 Å². The first-order valence-corrected chi connectivity index (χ1v) is 10.6. The first kappa shape index (κ1) is 20.4. The lowest BCUT2D eigenvalue weighted by atomic mass is 9.70. The van der Waals surface area contributed by atoms with Crippen molar-refractivity contribution in [2.45, 2.75) is 32.6 Å². The van der Waals surface area contributed by atoms with E-state index in [1.165, 1.54) is 4.90 Å². The Morgan fingerprint density at radius 2 is 1.93 bits per heavy atom. The largest absolute Gasteiger partial charge is 0.442 e. The molecule has 1 fully saturated rings. The van der Waals surface area contributed by atoms with Crippen LogP contribution in [0.2, 0.25) is 0 Å². The highest BCUT2D eigenvalue weighted by molar-refractivity contribution is 6.00. The Morgan fingerprint density at radius 3 is 2.60 bits per heavy atom. The summed E-state index contributed by atoms with van der Waals surface area (Å²) in [6, 6.07) is 12.1. The van der Waals surface area contributed by atoms with Crippen LogP contribution in [0.1, 0.15) is 38.2 Å². The van der Waals surface area contributed by atoms with Gasteiger partial charge in [0.25, 0.3) is 0 Å². The summed E-state index contributed by atoms with van der Waals surface area (Å²) in [5.41, 5.74) is 1.79. The molecule has 6 heteroatoms. The molecule has 0 bridgehead atoms. The van der Waals surface area contributed by atoms with Gasteiger partial charge in [-0.05, 0) is 11.0 Å². The summed E-state index contributed by atoms with van der Waals surface area (Å²) in [4.78, 5) is 21.4. The highest BCUT2D eigenvalue weighted by Gasteiger charge is 2.43. The molecule has 0 spiro atoms. The molecule has 0 saturated carbocycles. The number of allylic oxidation sites excluding steroid dienone is 3. The minimum atomic E-state index is -0.423. The minimum Gasteiger partial charge on any atom is -0.442 e. The third-order valence-electron chi connectivity index (χ3n) is 6.15. The number of hydrogen-bond acceptors (Lipinski definition) is 4. The average Bonchev–Trinajstić information content (AvgIpc) is 2.72. The number of nitrogens with zero attached hydrogens (tertiary/aromatic N) is 3. The maximum atomic E-state index is 13.1. The van der Waals surface area contributed by atoms with Crippen LogP contribution in [0.5, 0.6) is 0 Å². The molecule has 1 atom stereocenters. The lowest BCUT2D eigenvalue weighted by Crippen LogP contribution is -3.11. The van der Waals surface area contributed by atoms with Crippen molar-refractivity contribution in [1.82, 2.24) is 4.90 Å². The van der Waals surface area contributed by atoms with E-state index in [4.69, 9.17) is 4.74 Å². The number of Topliss-reactive ketones (excluding diaryl/α,β-unsaturated/α-hetero) is 1. The molecule has 2 aliphatic heterocycles. The Morgan fingerprint density at radius 1 is 1.23 bits per heavy atom. The van der Waals surface area contributed by atoms with Gasteiger partial charge in [0.15, 0.2) is 5.78 Å². The number of benzene rings is 1. The molecule has 1 N–H and O–H groups in total. The van der Waals surface area contributed by atoms with Crippen molar-refractivity contribution in [2.75, 3.05) is 33.2 Å². The maximum Gasteiger partial charge on any atom is 0.235 e. The fraction of sp³-hybridized carbons (Fsp3) is 0.458. The van der Waals surface area contributed by atoms with Gasteiger partial charge in [0.05, 0.1) is 45.5 Å². The lowest BCUT2D eigenvalue weighted by molar-refractivity contribution is -0.883. The summed E-state index contributed by atoms with van der Waals surface area (Å²) in [7, 11) is 2.19. The van der Waals surface area contributed by atoms with E-state index in [1.807, 2.05) is 30.3 Å². The first-order valence-electron chi connectivity index (χ1n) is 10.6. The number of ether oxygens (including phenoxy) is 1. The number of piperazine rings is 1. The number of nitriles is 1. The molecule has 3 aliphatic rings. The number of rotatable bonds is 3. The lowest BCUT2D eigenvalue weighted by Gasteiger charge is -2.37. The van der Waals surface area contributed by atoms with Crippen LogP contribution in [0.25, 0.3) is 0 Å². The Hall–Kier alpha value is -2.91. The quantitative estimate of drug-likeness (QED) is 0.617. The Labute approximate surface area is 178 Å². The summed E-state index contributed by atoms with van der Waals surface area (Å²) >= 11 is 0. The van der Waals surface area contributed by atoms with E-state index in [-0.39, 0.29) is 11.2 Å². The standard InChI is InChI=1S/C24H28N4O2/c1-24(2)13-19(29)22-20(14-24)30-23(26-16-28-11-9-27(3)10-12-28)18(15-25)21(22)17-7-5-4-6-8-17/h4-8,16,21H,9-14H2,1-3H3/p+1/t21-/m0/s1. The van der Waals surface area contributed by atoms with Crippen LogP contribution >= 0.6 is 0 Å². The molecule has 0 radical (unpaired) electrons. The second-order valence-corrected chi connectivity index (χ2v) is 9.29. The molecular weight excluding hydrogens is 376 g/mol. The number of ketones is 1. The molecule has 1 saturated heterocycles. The number of hydrogen-bond donors (Lipinski definition) is 1. The van der Waals surface area contributed by atoms with Crippen LogP contribution in [0, 0.1) is 16.7 Å². The van der Waals surface area contributed by atoms with Gasteiger partial charge in [-0.25, -0.2) is 4.99 Å². The molecule has 0 amide bonds. The Bertz CT molecular complexity index is 961. The molecule has 4 rings (SSSR count). The molecule has 0 unspecified atom stereocenters. The first-order chi connectivity index (χ1) is 14.4. The van der Waals surface area contributed by atoms with Crippen LogP contribution in [0.3, 0.4) is 0 Å². The number of likely N-dealkylation sites (N-methyl/N-ethyl adjacent to an activating group) is 1. The maximum absolute atomic E-state index is 13.1. The predicted octanol–water partition coefficient (Wildman–Crippen LogP) is 2.04. The second kappa shape index (κ2) is 8.08. The summed E-state index contributed by atoms with van der Waals surface area (Å²) in [6.07, 6.45) is 2.91. The molecule has 1 aromatic rings. The molecule has 156 valence electrons. The van der Waals surface area contributed by atoms with E-state index >= 15 is 0 Å². The van der Waals surface area contributed by atoms with E-state index in [1.54, 1.807) is 6.34 Å². The van der Waals surface area contributed by atoms with E-state index in [0.717, 1.165) is 31.7 Å².